The summed E-state index contributed by atoms with van der Waals surface area (Å²) >= 11 is 12.3. The Labute approximate surface area is 208 Å². The molecule has 1 aliphatic rings. The van der Waals surface area contributed by atoms with E-state index in [1.807, 2.05) is 5.32 Å². The van der Waals surface area contributed by atoms with Crippen LogP contribution in [0.4, 0.5) is 23.2 Å². The van der Waals surface area contributed by atoms with Gasteiger partial charge in [0.25, 0.3) is 5.91 Å². The summed E-state index contributed by atoms with van der Waals surface area (Å²) in [4.78, 5) is 11.6. The third-order valence-corrected chi connectivity index (χ3v) is 7.30. The fourth-order valence-corrected chi connectivity index (χ4v) is 4.92. The summed E-state index contributed by atoms with van der Waals surface area (Å²) in [5, 5.41) is 20.8. The smallest absolute Gasteiger partial charge is 0.257 e. The Morgan fingerprint density at radius 2 is 1.59 bits per heavy atom. The van der Waals surface area contributed by atoms with Crippen LogP contribution < -0.4 is 5.32 Å². The van der Waals surface area contributed by atoms with Crippen molar-refractivity contribution in [2.75, 3.05) is 25.0 Å². The van der Waals surface area contributed by atoms with Crippen molar-refractivity contribution in [1.82, 2.24) is 4.31 Å². The summed E-state index contributed by atoms with van der Waals surface area (Å²) in [7, 11) is -4.46. The molecular formula is C19H19ClF4N2O5S3. The Bertz CT molecular complexity index is 1160. The van der Waals surface area contributed by atoms with Gasteiger partial charge < -0.3 is 15.5 Å². The first-order valence-corrected chi connectivity index (χ1v) is 12.8. The number of hydrogen-bond acceptors (Lipinski definition) is 7. The Morgan fingerprint density at radius 1 is 1.06 bits per heavy atom. The van der Waals surface area contributed by atoms with E-state index in [1.54, 1.807) is 0 Å². The number of piperidine rings is 1. The highest BCUT2D eigenvalue weighted by molar-refractivity contribution is 8.59. The van der Waals surface area contributed by atoms with Crippen LogP contribution in [0.1, 0.15) is 23.2 Å². The second-order valence-electron chi connectivity index (χ2n) is 7.26. The number of rotatable bonds is 5. The second-order valence-corrected chi connectivity index (χ2v) is 9.57. The van der Waals surface area contributed by atoms with Gasteiger partial charge in [0.05, 0.1) is 22.8 Å². The lowest BCUT2D eigenvalue weighted by Crippen LogP contribution is -2.48. The number of anilines is 1. The summed E-state index contributed by atoms with van der Waals surface area (Å²) < 4.78 is 81.0. The highest BCUT2D eigenvalue weighted by Crippen LogP contribution is 2.31. The van der Waals surface area contributed by atoms with Gasteiger partial charge in [-0.15, -0.1) is 23.3 Å². The molecular weight excluding hydrogens is 544 g/mol. The van der Waals surface area contributed by atoms with Crippen molar-refractivity contribution >= 4 is 56.5 Å². The molecule has 2 aromatic rings. The maximum Gasteiger partial charge on any atom is 0.257 e. The SMILES string of the molecule is O=C(Nc1cc(F)c(F)c(F)c1)c1cc(S(=O)(=O)N2CCC(O)(CO)CC2)c(F)cc1Cl.SS. The summed E-state index contributed by atoms with van der Waals surface area (Å²) in [5.74, 6) is -7.24. The minimum Gasteiger partial charge on any atom is -0.393 e. The lowest BCUT2D eigenvalue weighted by molar-refractivity contribution is -0.0480. The molecule has 1 fully saturated rings. The van der Waals surface area contributed by atoms with E-state index in [2.05, 4.69) is 23.3 Å². The van der Waals surface area contributed by atoms with Gasteiger partial charge in [-0.1, -0.05) is 11.6 Å². The molecule has 2 aromatic carbocycles. The minimum absolute atomic E-state index is 0.0903. The Hall–Kier alpha value is -1.55. The van der Waals surface area contributed by atoms with Crippen LogP contribution in [0.5, 0.6) is 0 Å². The monoisotopic (exact) mass is 562 g/mol. The van der Waals surface area contributed by atoms with Gasteiger partial charge in [0.2, 0.25) is 10.0 Å². The van der Waals surface area contributed by atoms with Gasteiger partial charge in [-0.2, -0.15) is 4.31 Å². The van der Waals surface area contributed by atoms with E-state index in [1.165, 1.54) is 0 Å². The molecule has 7 nitrogen and oxygen atoms in total. The predicted octanol–water partition coefficient (Wildman–Crippen LogP) is 3.42. The van der Waals surface area contributed by atoms with Gasteiger partial charge in [-0.3, -0.25) is 4.79 Å². The van der Waals surface area contributed by atoms with Crippen molar-refractivity contribution < 1.29 is 41.0 Å². The predicted molar refractivity (Wildman–Crippen MR) is 124 cm³/mol. The number of halogens is 5. The van der Waals surface area contributed by atoms with Crippen LogP contribution in [-0.4, -0.2) is 54.1 Å². The molecule has 0 spiro atoms. The number of benzene rings is 2. The third-order valence-electron chi connectivity index (χ3n) is 5.07. The van der Waals surface area contributed by atoms with Crippen molar-refractivity contribution in [2.45, 2.75) is 23.3 Å². The number of amides is 1. The van der Waals surface area contributed by atoms with Gasteiger partial charge in [0, 0.05) is 30.9 Å². The maximum absolute atomic E-state index is 14.5. The van der Waals surface area contributed by atoms with Crippen LogP contribution >= 0.6 is 34.9 Å². The standard InChI is InChI=1S/C19H17ClF4N2O5S.H2S2/c20-12-8-13(21)16(32(30,31)26-3-1-19(29,9-27)2-4-26)7-11(12)18(28)25-10-5-14(22)17(24)15(23)6-10;1-2/h5-8,27,29H,1-4,9H2,(H,25,28);1-2H. The average Bonchev–Trinajstić information content (AvgIpc) is 2.78. The molecule has 0 saturated carbocycles. The summed E-state index contributed by atoms with van der Waals surface area (Å²) in [6.45, 7) is -0.987. The first-order chi connectivity index (χ1) is 15.9. The fourth-order valence-electron chi connectivity index (χ4n) is 3.17. The number of carbonyl (C=O) groups is 1. The molecule has 1 heterocycles. The topological polar surface area (TPSA) is 107 Å². The molecule has 0 atom stereocenters. The number of aliphatic hydroxyl groups excluding tert-OH is 1. The summed E-state index contributed by atoms with van der Waals surface area (Å²) in [5.41, 5.74) is -2.44. The largest absolute Gasteiger partial charge is 0.393 e. The molecule has 34 heavy (non-hydrogen) atoms. The zero-order valence-electron chi connectivity index (χ0n) is 17.1. The Morgan fingerprint density at radius 3 is 2.09 bits per heavy atom. The highest BCUT2D eigenvalue weighted by atomic mass is 35.5. The molecule has 0 radical (unpaired) electrons. The van der Waals surface area contributed by atoms with Crippen LogP contribution in [0, 0.1) is 23.3 Å². The normalized spacial score (nSPS) is 15.9. The van der Waals surface area contributed by atoms with Gasteiger partial charge in [0.15, 0.2) is 17.5 Å². The van der Waals surface area contributed by atoms with E-state index < -0.39 is 72.6 Å². The quantitative estimate of drug-likeness (QED) is 0.166. The van der Waals surface area contributed by atoms with Gasteiger partial charge in [0.1, 0.15) is 10.7 Å². The zero-order valence-corrected chi connectivity index (χ0v) is 20.5. The molecule has 1 aliphatic heterocycles. The van der Waals surface area contributed by atoms with Crippen LogP contribution in [0.25, 0.3) is 0 Å². The number of hydrogen-bond donors (Lipinski definition) is 5. The molecule has 3 N–H and O–H groups in total. The van der Waals surface area contributed by atoms with Crippen LogP contribution in [-0.2, 0) is 10.0 Å². The molecule has 1 amide bonds. The zero-order chi connectivity index (χ0) is 25.8. The third kappa shape index (κ3) is 6.17. The molecule has 0 bridgehead atoms. The van der Waals surface area contributed by atoms with Crippen LogP contribution in [0.15, 0.2) is 29.2 Å². The lowest BCUT2D eigenvalue weighted by Gasteiger charge is -2.36. The van der Waals surface area contributed by atoms with E-state index in [-0.39, 0.29) is 25.9 Å². The lowest BCUT2D eigenvalue weighted by atomic mass is 9.94. The van der Waals surface area contributed by atoms with E-state index in [0.29, 0.717) is 24.3 Å². The molecule has 3 rings (SSSR count). The van der Waals surface area contributed by atoms with Crippen LogP contribution in [0.2, 0.25) is 5.02 Å². The van der Waals surface area contributed by atoms with Crippen molar-refractivity contribution in [3.05, 3.63) is 58.1 Å². The highest BCUT2D eigenvalue weighted by Gasteiger charge is 2.38. The van der Waals surface area contributed by atoms with Crippen molar-refractivity contribution in [1.29, 1.82) is 0 Å². The molecule has 0 aliphatic carbocycles. The van der Waals surface area contributed by atoms with Gasteiger partial charge >= 0.3 is 0 Å². The number of carbonyl (C=O) groups excluding carboxylic acids is 1. The van der Waals surface area contributed by atoms with E-state index in [0.717, 1.165) is 4.31 Å². The number of nitrogens with one attached hydrogen (secondary N) is 1. The molecule has 15 heteroatoms. The van der Waals surface area contributed by atoms with E-state index in [4.69, 9.17) is 11.6 Å². The Kier molecular flexibility index (Phi) is 9.67. The fraction of sp³-hybridized carbons (Fsp3) is 0.316. The van der Waals surface area contributed by atoms with Gasteiger partial charge in [-0.25, -0.2) is 26.0 Å². The maximum atomic E-state index is 14.5. The van der Waals surface area contributed by atoms with Crippen molar-refractivity contribution in [3.8, 4) is 0 Å². The molecule has 188 valence electrons. The van der Waals surface area contributed by atoms with Crippen LogP contribution in [0.3, 0.4) is 0 Å². The van der Waals surface area contributed by atoms with Crippen molar-refractivity contribution in [3.63, 3.8) is 0 Å². The second kappa shape index (κ2) is 11.5. The Balaban J connectivity index is 0.00000199. The first-order valence-electron chi connectivity index (χ1n) is 9.36. The molecule has 0 aromatic heterocycles. The average molecular weight is 563 g/mol. The first kappa shape index (κ1) is 28.7. The van der Waals surface area contributed by atoms with Crippen molar-refractivity contribution in [2.24, 2.45) is 0 Å². The van der Waals surface area contributed by atoms with E-state index >= 15 is 0 Å². The van der Waals surface area contributed by atoms with Gasteiger partial charge in [-0.05, 0) is 25.0 Å². The number of thiol groups is 2. The molecule has 1 saturated heterocycles. The summed E-state index contributed by atoms with van der Waals surface area (Å²) in [6, 6.07) is 2.28. The minimum atomic E-state index is -4.46. The number of sulfonamides is 1. The number of nitrogens with zero attached hydrogens (tertiary/aromatic N) is 1. The number of aliphatic hydroxyl groups is 2. The molecule has 0 unspecified atom stereocenters. The summed E-state index contributed by atoms with van der Waals surface area (Å²) in [6.07, 6.45) is -0.181. The van der Waals surface area contributed by atoms with E-state index in [9.17, 15) is 41.0 Å².